The van der Waals surface area contributed by atoms with Crippen LogP contribution in [0.15, 0.2) is 60.7 Å². The number of benzene rings is 2. The average Bonchev–Trinajstić information content (AvgIpc) is 3.22. The zero-order valence-corrected chi connectivity index (χ0v) is 15.6. The number of hydrogen-bond acceptors (Lipinski definition) is 3. The molecule has 2 N–H and O–H groups in total. The van der Waals surface area contributed by atoms with Gasteiger partial charge < -0.3 is 15.3 Å². The Morgan fingerprint density at radius 2 is 1.54 bits per heavy atom. The van der Waals surface area contributed by atoms with Gasteiger partial charge in [0.25, 0.3) is 0 Å². The lowest BCUT2D eigenvalue weighted by atomic mass is 9.98. The van der Waals surface area contributed by atoms with Crippen LogP contribution in [0.3, 0.4) is 0 Å². The molecule has 2 aromatic rings. The SMILES string of the molecule is O=C(CCC(=O)N1CCC[C@H]1C(=O)O)NC(c1ccccc1)c1ccccc1. The molecule has 0 aliphatic carbocycles. The second-order valence-corrected chi connectivity index (χ2v) is 6.91. The number of nitrogens with zero attached hydrogens (tertiary/aromatic N) is 1. The smallest absolute Gasteiger partial charge is 0.326 e. The number of nitrogens with one attached hydrogen (secondary N) is 1. The average molecular weight is 380 g/mol. The highest BCUT2D eigenvalue weighted by Gasteiger charge is 2.33. The van der Waals surface area contributed by atoms with Crippen molar-refractivity contribution in [2.24, 2.45) is 0 Å². The minimum absolute atomic E-state index is 0.00587. The van der Waals surface area contributed by atoms with Gasteiger partial charge in [-0.1, -0.05) is 60.7 Å². The van der Waals surface area contributed by atoms with Crippen LogP contribution >= 0.6 is 0 Å². The van der Waals surface area contributed by atoms with E-state index in [0.29, 0.717) is 19.4 Å². The van der Waals surface area contributed by atoms with Gasteiger partial charge in [0.2, 0.25) is 11.8 Å². The molecule has 6 heteroatoms. The number of rotatable bonds is 7. The third-order valence-electron chi connectivity index (χ3n) is 5.00. The Bertz CT molecular complexity index is 783. The Balaban J connectivity index is 1.63. The van der Waals surface area contributed by atoms with Gasteiger partial charge in [0, 0.05) is 19.4 Å². The molecule has 2 amide bonds. The second-order valence-electron chi connectivity index (χ2n) is 6.91. The maximum Gasteiger partial charge on any atom is 0.326 e. The van der Waals surface area contributed by atoms with Crippen molar-refractivity contribution in [1.29, 1.82) is 0 Å². The zero-order valence-electron chi connectivity index (χ0n) is 15.6. The molecule has 0 saturated carbocycles. The molecule has 28 heavy (non-hydrogen) atoms. The molecule has 0 unspecified atom stereocenters. The minimum atomic E-state index is -0.983. The standard InChI is InChI=1S/C22H24N2O4/c25-19(13-14-20(26)24-15-7-12-18(24)22(27)28)23-21(16-8-3-1-4-9-16)17-10-5-2-6-11-17/h1-6,8-11,18,21H,7,12-15H2,(H,23,25)(H,27,28)/t18-/m0/s1. The van der Waals surface area contributed by atoms with E-state index >= 15 is 0 Å². The van der Waals surface area contributed by atoms with Crippen LogP contribution in [0.1, 0.15) is 42.9 Å². The summed E-state index contributed by atoms with van der Waals surface area (Å²) in [5.74, 6) is -1.50. The highest BCUT2D eigenvalue weighted by atomic mass is 16.4. The Labute approximate surface area is 164 Å². The van der Waals surface area contributed by atoms with Crippen LogP contribution in [-0.2, 0) is 14.4 Å². The molecule has 2 aromatic carbocycles. The number of carbonyl (C=O) groups is 3. The second kappa shape index (κ2) is 9.17. The Hall–Kier alpha value is -3.15. The Morgan fingerprint density at radius 3 is 2.07 bits per heavy atom. The minimum Gasteiger partial charge on any atom is -0.480 e. The normalized spacial score (nSPS) is 16.2. The van der Waals surface area contributed by atoms with Gasteiger partial charge in [0.1, 0.15) is 6.04 Å². The fourth-order valence-corrected chi connectivity index (χ4v) is 3.57. The number of hydrogen-bond donors (Lipinski definition) is 2. The van der Waals surface area contributed by atoms with Gasteiger partial charge in [-0.3, -0.25) is 9.59 Å². The monoisotopic (exact) mass is 380 g/mol. The van der Waals surface area contributed by atoms with Gasteiger partial charge >= 0.3 is 5.97 Å². The summed E-state index contributed by atoms with van der Waals surface area (Å²) in [5.41, 5.74) is 1.91. The molecular weight excluding hydrogens is 356 g/mol. The molecule has 146 valence electrons. The molecule has 1 saturated heterocycles. The lowest BCUT2D eigenvalue weighted by Crippen LogP contribution is -2.41. The molecule has 3 rings (SSSR count). The van der Waals surface area contributed by atoms with E-state index in [0.717, 1.165) is 11.1 Å². The van der Waals surface area contributed by atoms with Gasteiger partial charge in [0.15, 0.2) is 0 Å². The van der Waals surface area contributed by atoms with Crippen LogP contribution in [0.4, 0.5) is 0 Å². The van der Waals surface area contributed by atoms with Crippen molar-refractivity contribution in [3.05, 3.63) is 71.8 Å². The van der Waals surface area contributed by atoms with Crippen LogP contribution < -0.4 is 5.32 Å². The van der Waals surface area contributed by atoms with E-state index in [4.69, 9.17) is 0 Å². The van der Waals surface area contributed by atoms with Crippen LogP contribution in [0.25, 0.3) is 0 Å². The van der Waals surface area contributed by atoms with Gasteiger partial charge in [-0.25, -0.2) is 4.79 Å². The Kier molecular flexibility index (Phi) is 6.42. The van der Waals surface area contributed by atoms with Crippen molar-refractivity contribution in [1.82, 2.24) is 10.2 Å². The highest BCUT2D eigenvalue weighted by molar-refractivity contribution is 5.87. The molecule has 1 heterocycles. The molecule has 1 fully saturated rings. The van der Waals surface area contributed by atoms with Crippen molar-refractivity contribution in [2.75, 3.05) is 6.54 Å². The summed E-state index contributed by atoms with van der Waals surface area (Å²) in [6.07, 6.45) is 1.18. The number of likely N-dealkylation sites (tertiary alicyclic amines) is 1. The first-order valence-electron chi connectivity index (χ1n) is 9.48. The van der Waals surface area contributed by atoms with Crippen molar-refractivity contribution in [3.8, 4) is 0 Å². The summed E-state index contributed by atoms with van der Waals surface area (Å²) in [6, 6.07) is 18.2. The summed E-state index contributed by atoms with van der Waals surface area (Å²) in [5, 5.41) is 12.2. The number of carboxylic acid groups (broad SMARTS) is 1. The molecule has 1 atom stereocenters. The van der Waals surface area contributed by atoms with Crippen molar-refractivity contribution in [3.63, 3.8) is 0 Å². The van der Waals surface area contributed by atoms with Crippen molar-refractivity contribution >= 4 is 17.8 Å². The van der Waals surface area contributed by atoms with Gasteiger partial charge in [0.05, 0.1) is 6.04 Å². The van der Waals surface area contributed by atoms with E-state index in [1.165, 1.54) is 4.90 Å². The summed E-state index contributed by atoms with van der Waals surface area (Å²) < 4.78 is 0. The lowest BCUT2D eigenvalue weighted by molar-refractivity contribution is -0.148. The summed E-state index contributed by atoms with van der Waals surface area (Å²) in [4.78, 5) is 37.5. The van der Waals surface area contributed by atoms with E-state index in [-0.39, 0.29) is 30.7 Å². The van der Waals surface area contributed by atoms with Crippen LogP contribution in [0.5, 0.6) is 0 Å². The third-order valence-corrected chi connectivity index (χ3v) is 5.00. The number of carboxylic acids is 1. The molecule has 6 nitrogen and oxygen atoms in total. The molecule has 1 aliphatic heterocycles. The van der Waals surface area contributed by atoms with Crippen LogP contribution in [-0.4, -0.2) is 40.4 Å². The number of aliphatic carboxylic acids is 1. The first-order chi connectivity index (χ1) is 13.6. The Morgan fingerprint density at radius 1 is 0.964 bits per heavy atom. The van der Waals surface area contributed by atoms with Gasteiger partial charge in [-0.05, 0) is 24.0 Å². The van der Waals surface area contributed by atoms with E-state index in [9.17, 15) is 19.5 Å². The summed E-state index contributed by atoms with van der Waals surface area (Å²) in [7, 11) is 0. The molecule has 0 bridgehead atoms. The molecular formula is C22H24N2O4. The molecule has 0 aromatic heterocycles. The topological polar surface area (TPSA) is 86.7 Å². The number of carbonyl (C=O) groups excluding carboxylic acids is 2. The third kappa shape index (κ3) is 4.76. The van der Waals surface area contributed by atoms with E-state index < -0.39 is 12.0 Å². The highest BCUT2D eigenvalue weighted by Crippen LogP contribution is 2.22. The summed E-state index contributed by atoms with van der Waals surface area (Å²) >= 11 is 0. The lowest BCUT2D eigenvalue weighted by Gasteiger charge is -2.22. The molecule has 1 aliphatic rings. The maximum atomic E-state index is 12.5. The molecule has 0 radical (unpaired) electrons. The fraction of sp³-hybridized carbons (Fsp3) is 0.318. The van der Waals surface area contributed by atoms with Crippen molar-refractivity contribution in [2.45, 2.75) is 37.8 Å². The first kappa shape index (κ1) is 19.6. The zero-order chi connectivity index (χ0) is 19.9. The number of amides is 2. The van der Waals surface area contributed by atoms with Crippen LogP contribution in [0, 0.1) is 0 Å². The quantitative estimate of drug-likeness (QED) is 0.773. The molecule has 0 spiro atoms. The van der Waals surface area contributed by atoms with Gasteiger partial charge in [-0.15, -0.1) is 0 Å². The largest absolute Gasteiger partial charge is 0.480 e. The predicted molar refractivity (Wildman–Crippen MR) is 104 cm³/mol. The van der Waals surface area contributed by atoms with Gasteiger partial charge in [-0.2, -0.15) is 0 Å². The van der Waals surface area contributed by atoms with Crippen LogP contribution in [0.2, 0.25) is 0 Å². The van der Waals surface area contributed by atoms with Crippen molar-refractivity contribution < 1.29 is 19.5 Å². The fourth-order valence-electron chi connectivity index (χ4n) is 3.57. The summed E-state index contributed by atoms with van der Waals surface area (Å²) in [6.45, 7) is 0.439. The van der Waals surface area contributed by atoms with E-state index in [2.05, 4.69) is 5.32 Å². The van der Waals surface area contributed by atoms with E-state index in [1.807, 2.05) is 60.7 Å². The predicted octanol–water partition coefficient (Wildman–Crippen LogP) is 2.75. The maximum absolute atomic E-state index is 12.5. The first-order valence-corrected chi connectivity index (χ1v) is 9.48. The van der Waals surface area contributed by atoms with E-state index in [1.54, 1.807) is 0 Å².